The van der Waals surface area contributed by atoms with E-state index in [2.05, 4.69) is 26.2 Å². The van der Waals surface area contributed by atoms with E-state index in [-0.39, 0.29) is 5.56 Å². The molecule has 0 fully saturated rings. The number of nitrogens with one attached hydrogen (secondary N) is 1. The van der Waals surface area contributed by atoms with Crippen molar-refractivity contribution < 1.29 is 14.3 Å². The molecule has 2 aromatic rings. The molecule has 0 saturated heterocycles. The van der Waals surface area contributed by atoms with E-state index in [1.165, 1.54) is 6.07 Å². The Hall–Kier alpha value is -1.95. The molecule has 0 bridgehead atoms. The molecule has 19 heavy (non-hydrogen) atoms. The van der Waals surface area contributed by atoms with Gasteiger partial charge in [-0.15, -0.1) is 0 Å². The summed E-state index contributed by atoms with van der Waals surface area (Å²) in [7, 11) is 0. The highest BCUT2D eigenvalue weighted by molar-refractivity contribution is 9.10. The van der Waals surface area contributed by atoms with Gasteiger partial charge in [-0.2, -0.15) is 0 Å². The van der Waals surface area contributed by atoms with Crippen LogP contribution in [0, 0.1) is 12.7 Å². The van der Waals surface area contributed by atoms with Crippen LogP contribution in [0.3, 0.4) is 0 Å². The SMILES string of the molecule is Cc1nc(NC(=O)c2ccc(F)cc2O)ccc1Br. The van der Waals surface area contributed by atoms with Crippen molar-refractivity contribution in [3.63, 3.8) is 0 Å². The lowest BCUT2D eigenvalue weighted by Crippen LogP contribution is -2.13. The zero-order valence-corrected chi connectivity index (χ0v) is 11.5. The van der Waals surface area contributed by atoms with E-state index in [1.54, 1.807) is 19.1 Å². The number of aromatic nitrogens is 1. The summed E-state index contributed by atoms with van der Waals surface area (Å²) in [6, 6.07) is 6.58. The molecular formula is C13H10BrFN2O2. The zero-order valence-electron chi connectivity index (χ0n) is 9.95. The van der Waals surface area contributed by atoms with Gasteiger partial charge in [0.15, 0.2) is 0 Å². The number of carbonyl (C=O) groups is 1. The van der Waals surface area contributed by atoms with Crippen molar-refractivity contribution in [1.29, 1.82) is 0 Å². The molecule has 0 saturated carbocycles. The quantitative estimate of drug-likeness (QED) is 0.891. The molecule has 1 aromatic carbocycles. The number of anilines is 1. The molecular weight excluding hydrogens is 315 g/mol. The van der Waals surface area contributed by atoms with Crippen LogP contribution in [-0.2, 0) is 0 Å². The summed E-state index contributed by atoms with van der Waals surface area (Å²) in [5, 5.41) is 12.0. The predicted octanol–water partition coefficient (Wildman–Crippen LogP) is 3.25. The number of amides is 1. The van der Waals surface area contributed by atoms with Crippen LogP contribution in [0.25, 0.3) is 0 Å². The molecule has 2 rings (SSSR count). The number of pyridine rings is 1. The van der Waals surface area contributed by atoms with E-state index >= 15 is 0 Å². The zero-order chi connectivity index (χ0) is 14.0. The first-order valence-electron chi connectivity index (χ1n) is 5.40. The third-order valence-corrected chi connectivity index (χ3v) is 3.31. The van der Waals surface area contributed by atoms with Gasteiger partial charge in [0.25, 0.3) is 5.91 Å². The molecule has 1 heterocycles. The summed E-state index contributed by atoms with van der Waals surface area (Å²) < 4.78 is 13.7. The van der Waals surface area contributed by atoms with Crippen LogP contribution in [0.15, 0.2) is 34.8 Å². The Morgan fingerprint density at radius 2 is 2.11 bits per heavy atom. The normalized spacial score (nSPS) is 10.3. The molecule has 4 nitrogen and oxygen atoms in total. The Morgan fingerprint density at radius 3 is 2.74 bits per heavy atom. The van der Waals surface area contributed by atoms with Crippen LogP contribution in [0.5, 0.6) is 5.75 Å². The minimum absolute atomic E-state index is 0.0104. The number of phenols is 1. The van der Waals surface area contributed by atoms with E-state index in [1.807, 2.05) is 0 Å². The van der Waals surface area contributed by atoms with Crippen LogP contribution >= 0.6 is 15.9 Å². The lowest BCUT2D eigenvalue weighted by molar-refractivity contribution is 0.102. The maximum absolute atomic E-state index is 12.8. The molecule has 0 spiro atoms. The molecule has 0 aliphatic rings. The number of hydrogen-bond acceptors (Lipinski definition) is 3. The minimum atomic E-state index is -0.605. The summed E-state index contributed by atoms with van der Waals surface area (Å²) in [4.78, 5) is 16.0. The van der Waals surface area contributed by atoms with Gasteiger partial charge in [-0.3, -0.25) is 4.79 Å². The fourth-order valence-electron chi connectivity index (χ4n) is 1.49. The van der Waals surface area contributed by atoms with Gasteiger partial charge in [-0.25, -0.2) is 9.37 Å². The van der Waals surface area contributed by atoms with Crippen LogP contribution in [0.2, 0.25) is 0 Å². The molecule has 0 aliphatic carbocycles. The van der Waals surface area contributed by atoms with Crippen LogP contribution in [0.4, 0.5) is 10.2 Å². The topological polar surface area (TPSA) is 62.2 Å². The Balaban J connectivity index is 2.23. The lowest BCUT2D eigenvalue weighted by Gasteiger charge is -2.07. The van der Waals surface area contributed by atoms with Crippen molar-refractivity contribution in [3.05, 3.63) is 51.9 Å². The smallest absolute Gasteiger partial charge is 0.260 e. The molecule has 0 unspecified atom stereocenters. The number of benzene rings is 1. The summed E-state index contributed by atoms with van der Waals surface area (Å²) in [6.45, 7) is 1.79. The molecule has 2 N–H and O–H groups in total. The first kappa shape index (κ1) is 13.5. The summed E-state index contributed by atoms with van der Waals surface area (Å²) in [5.74, 6) is -1.21. The number of aromatic hydroxyl groups is 1. The molecule has 0 radical (unpaired) electrons. The van der Waals surface area contributed by atoms with Crippen LogP contribution in [-0.4, -0.2) is 16.0 Å². The highest BCUT2D eigenvalue weighted by Gasteiger charge is 2.12. The van der Waals surface area contributed by atoms with Gasteiger partial charge < -0.3 is 10.4 Å². The van der Waals surface area contributed by atoms with Crippen molar-refractivity contribution in [1.82, 2.24) is 4.98 Å². The predicted molar refractivity (Wildman–Crippen MR) is 72.7 cm³/mol. The van der Waals surface area contributed by atoms with E-state index in [0.717, 1.165) is 22.3 Å². The van der Waals surface area contributed by atoms with Crippen molar-refractivity contribution in [2.75, 3.05) is 5.32 Å². The van der Waals surface area contributed by atoms with Gasteiger partial charge in [0.2, 0.25) is 0 Å². The average Bonchev–Trinajstić information content (AvgIpc) is 2.33. The molecule has 98 valence electrons. The number of aryl methyl sites for hydroxylation is 1. The van der Waals surface area contributed by atoms with E-state index in [9.17, 15) is 14.3 Å². The highest BCUT2D eigenvalue weighted by Crippen LogP contribution is 2.20. The number of carbonyl (C=O) groups excluding carboxylic acids is 1. The van der Waals surface area contributed by atoms with Crippen molar-refractivity contribution in [3.8, 4) is 5.75 Å². The van der Waals surface area contributed by atoms with Gasteiger partial charge in [0.05, 0.1) is 11.3 Å². The number of halogens is 2. The maximum atomic E-state index is 12.8. The second-order valence-corrected chi connectivity index (χ2v) is 4.73. The van der Waals surface area contributed by atoms with Gasteiger partial charge in [0, 0.05) is 10.5 Å². The van der Waals surface area contributed by atoms with Crippen LogP contribution < -0.4 is 5.32 Å². The molecule has 6 heteroatoms. The number of rotatable bonds is 2. The second kappa shape index (κ2) is 5.36. The maximum Gasteiger partial charge on any atom is 0.260 e. The van der Waals surface area contributed by atoms with Crippen molar-refractivity contribution in [2.24, 2.45) is 0 Å². The fourth-order valence-corrected chi connectivity index (χ4v) is 1.71. The first-order valence-corrected chi connectivity index (χ1v) is 6.19. The third kappa shape index (κ3) is 3.08. The largest absolute Gasteiger partial charge is 0.507 e. The summed E-state index contributed by atoms with van der Waals surface area (Å²) >= 11 is 3.30. The Labute approximate surface area is 117 Å². The average molecular weight is 325 g/mol. The lowest BCUT2D eigenvalue weighted by atomic mass is 10.2. The minimum Gasteiger partial charge on any atom is -0.507 e. The molecule has 1 aromatic heterocycles. The molecule has 0 aliphatic heterocycles. The fraction of sp³-hybridized carbons (Fsp3) is 0.0769. The Bertz CT molecular complexity index is 647. The standard InChI is InChI=1S/C13H10BrFN2O2/c1-7-10(14)4-5-12(16-7)17-13(19)9-3-2-8(15)6-11(9)18/h2-6,18H,1H3,(H,16,17,19). The van der Waals surface area contributed by atoms with Gasteiger partial charge in [-0.05, 0) is 47.1 Å². The monoisotopic (exact) mass is 324 g/mol. The highest BCUT2D eigenvalue weighted by atomic mass is 79.9. The van der Waals surface area contributed by atoms with E-state index in [0.29, 0.717) is 5.82 Å². The number of phenolic OH excluding ortho intramolecular Hbond substituents is 1. The molecule has 0 atom stereocenters. The summed E-state index contributed by atoms with van der Waals surface area (Å²) in [6.07, 6.45) is 0. The van der Waals surface area contributed by atoms with E-state index in [4.69, 9.17) is 0 Å². The van der Waals surface area contributed by atoms with Gasteiger partial charge in [-0.1, -0.05) is 0 Å². The van der Waals surface area contributed by atoms with E-state index < -0.39 is 17.5 Å². The van der Waals surface area contributed by atoms with Crippen molar-refractivity contribution in [2.45, 2.75) is 6.92 Å². The third-order valence-electron chi connectivity index (χ3n) is 2.47. The number of nitrogens with zero attached hydrogens (tertiary/aromatic N) is 1. The summed E-state index contributed by atoms with van der Waals surface area (Å²) in [5.41, 5.74) is 0.713. The Kier molecular flexibility index (Phi) is 3.80. The Morgan fingerprint density at radius 1 is 1.37 bits per heavy atom. The molecule has 1 amide bonds. The first-order chi connectivity index (χ1) is 8.97. The van der Waals surface area contributed by atoms with Gasteiger partial charge >= 0.3 is 0 Å². The van der Waals surface area contributed by atoms with Gasteiger partial charge in [0.1, 0.15) is 17.4 Å². The number of hydrogen-bond donors (Lipinski definition) is 2. The second-order valence-electron chi connectivity index (χ2n) is 3.88. The van der Waals surface area contributed by atoms with Crippen LogP contribution in [0.1, 0.15) is 16.1 Å². The van der Waals surface area contributed by atoms with Crippen molar-refractivity contribution >= 4 is 27.7 Å².